The summed E-state index contributed by atoms with van der Waals surface area (Å²) in [6, 6.07) is 3.88. The highest BCUT2D eigenvalue weighted by molar-refractivity contribution is 9.10. The van der Waals surface area contributed by atoms with Gasteiger partial charge in [-0.05, 0) is 54.9 Å². The minimum absolute atomic E-state index is 0.165. The number of ether oxygens (including phenoxy) is 1. The topological polar surface area (TPSA) is 71.7 Å². The number of aromatic nitrogens is 1. The molecule has 2 heterocycles. The number of hydrogen-bond donors (Lipinski definition) is 1. The molecule has 0 atom stereocenters. The Balaban J connectivity index is 2.16. The molecule has 0 aromatic carbocycles. The maximum atomic E-state index is 12.2. The number of carbonyl (C=O) groups is 1. The van der Waals surface area contributed by atoms with E-state index in [1.54, 1.807) is 23.1 Å². The van der Waals surface area contributed by atoms with Gasteiger partial charge in [0, 0.05) is 36.2 Å². The van der Waals surface area contributed by atoms with Gasteiger partial charge >= 0.3 is 6.09 Å². The fourth-order valence-corrected chi connectivity index (χ4v) is 3.29. The monoisotopic (exact) mass is 468 g/mol. The fourth-order valence-electron chi connectivity index (χ4n) is 2.73. The molecule has 6 nitrogen and oxygen atoms in total. The van der Waals surface area contributed by atoms with Crippen molar-refractivity contribution < 1.29 is 9.53 Å². The van der Waals surface area contributed by atoms with Gasteiger partial charge in [-0.3, -0.25) is 0 Å². The van der Waals surface area contributed by atoms with Crippen LogP contribution in [0.3, 0.4) is 0 Å². The number of halogens is 2. The molecule has 1 fully saturated rings. The lowest BCUT2D eigenvalue weighted by Crippen LogP contribution is -2.50. The van der Waals surface area contributed by atoms with E-state index in [4.69, 9.17) is 27.1 Å². The highest BCUT2D eigenvalue weighted by Gasteiger charge is 2.26. The van der Waals surface area contributed by atoms with Crippen molar-refractivity contribution in [3.05, 3.63) is 52.3 Å². The number of rotatable bonds is 4. The summed E-state index contributed by atoms with van der Waals surface area (Å²) in [5, 5.41) is 0.165. The molecule has 0 radical (unpaired) electrons. The standard InChI is InChI=1S/C20H26BrClN4O2/c1-5-6-14(13-16(22)23)18-15(21)7-8-17(24-18)25-9-11-26(12-10-25)19(27)28-20(2,3)4/h5-8,13H,1,9-12,23H2,2-4H3/b14-6+,16-13-. The van der Waals surface area contributed by atoms with E-state index in [0.717, 1.165) is 21.6 Å². The Labute approximate surface area is 179 Å². The third kappa shape index (κ3) is 6.27. The zero-order chi connectivity index (χ0) is 20.9. The van der Waals surface area contributed by atoms with Crippen LogP contribution in [-0.4, -0.2) is 47.8 Å². The second kappa shape index (κ2) is 9.47. The lowest BCUT2D eigenvalue weighted by Gasteiger charge is -2.36. The predicted molar refractivity (Wildman–Crippen MR) is 118 cm³/mol. The van der Waals surface area contributed by atoms with E-state index in [1.165, 1.54) is 0 Å². The van der Waals surface area contributed by atoms with E-state index < -0.39 is 5.60 Å². The van der Waals surface area contributed by atoms with E-state index in [0.29, 0.717) is 26.2 Å². The van der Waals surface area contributed by atoms with Gasteiger partial charge in [0.1, 0.15) is 11.4 Å². The molecule has 1 aliphatic heterocycles. The molecule has 152 valence electrons. The maximum absolute atomic E-state index is 12.2. The Morgan fingerprint density at radius 2 is 1.96 bits per heavy atom. The second-order valence-electron chi connectivity index (χ2n) is 7.34. The Morgan fingerprint density at radius 3 is 2.50 bits per heavy atom. The van der Waals surface area contributed by atoms with Crippen molar-refractivity contribution >= 4 is 45.0 Å². The number of pyridine rings is 1. The van der Waals surface area contributed by atoms with E-state index >= 15 is 0 Å². The number of amides is 1. The number of carbonyl (C=O) groups excluding carboxylic acids is 1. The number of anilines is 1. The molecule has 1 aromatic heterocycles. The lowest BCUT2D eigenvalue weighted by molar-refractivity contribution is 0.0240. The van der Waals surface area contributed by atoms with Gasteiger partial charge in [-0.1, -0.05) is 30.3 Å². The Kier molecular flexibility index (Phi) is 7.55. The Hall–Kier alpha value is -1.99. The molecular formula is C20H26BrClN4O2. The van der Waals surface area contributed by atoms with Crippen LogP contribution < -0.4 is 10.6 Å². The SMILES string of the molecule is C=C/C=C(\C=C(/N)Cl)c1nc(N2CCN(C(=O)OC(C)(C)C)CC2)ccc1Br. The van der Waals surface area contributed by atoms with Gasteiger partial charge in [0.2, 0.25) is 0 Å². The summed E-state index contributed by atoms with van der Waals surface area (Å²) < 4.78 is 6.27. The summed E-state index contributed by atoms with van der Waals surface area (Å²) in [5.41, 5.74) is 6.60. The van der Waals surface area contributed by atoms with Crippen LogP contribution in [-0.2, 0) is 4.74 Å². The van der Waals surface area contributed by atoms with E-state index in [2.05, 4.69) is 27.4 Å². The number of allylic oxidation sites excluding steroid dienone is 4. The van der Waals surface area contributed by atoms with Crippen molar-refractivity contribution in [1.29, 1.82) is 0 Å². The predicted octanol–water partition coefficient (Wildman–Crippen LogP) is 4.51. The maximum Gasteiger partial charge on any atom is 0.410 e. The third-order valence-corrected chi connectivity index (χ3v) is 4.70. The molecule has 1 aliphatic rings. The van der Waals surface area contributed by atoms with E-state index in [-0.39, 0.29) is 11.2 Å². The van der Waals surface area contributed by atoms with Gasteiger partial charge in [0.15, 0.2) is 0 Å². The first-order valence-electron chi connectivity index (χ1n) is 8.96. The summed E-state index contributed by atoms with van der Waals surface area (Å²) in [6.45, 7) is 11.8. The summed E-state index contributed by atoms with van der Waals surface area (Å²) in [6.07, 6.45) is 4.81. The zero-order valence-electron chi connectivity index (χ0n) is 16.4. The van der Waals surface area contributed by atoms with Gasteiger partial charge in [0.25, 0.3) is 0 Å². The third-order valence-electron chi connectivity index (χ3n) is 3.95. The minimum Gasteiger partial charge on any atom is -0.444 e. The second-order valence-corrected chi connectivity index (χ2v) is 8.63. The van der Waals surface area contributed by atoms with Crippen molar-refractivity contribution in [2.24, 2.45) is 5.73 Å². The first-order chi connectivity index (χ1) is 13.1. The molecule has 0 aliphatic carbocycles. The molecule has 1 aromatic rings. The smallest absolute Gasteiger partial charge is 0.410 e. The van der Waals surface area contributed by atoms with Crippen LogP contribution >= 0.6 is 27.5 Å². The van der Waals surface area contributed by atoms with Gasteiger partial charge in [-0.25, -0.2) is 9.78 Å². The fraction of sp³-hybridized carbons (Fsp3) is 0.400. The molecule has 2 rings (SSSR count). The van der Waals surface area contributed by atoms with E-state index in [9.17, 15) is 4.79 Å². The largest absolute Gasteiger partial charge is 0.444 e. The molecular weight excluding hydrogens is 444 g/mol. The van der Waals surface area contributed by atoms with Gasteiger partial charge < -0.3 is 20.3 Å². The summed E-state index contributed by atoms with van der Waals surface area (Å²) in [4.78, 5) is 20.9. The highest BCUT2D eigenvalue weighted by Crippen LogP contribution is 2.28. The van der Waals surface area contributed by atoms with E-state index in [1.807, 2.05) is 32.9 Å². The van der Waals surface area contributed by atoms with Gasteiger partial charge in [0.05, 0.1) is 10.9 Å². The van der Waals surface area contributed by atoms with Gasteiger partial charge in [-0.2, -0.15) is 0 Å². The van der Waals surface area contributed by atoms with Crippen LogP contribution in [0.25, 0.3) is 5.57 Å². The molecule has 28 heavy (non-hydrogen) atoms. The van der Waals surface area contributed by atoms with Crippen LogP contribution in [0.15, 0.2) is 46.6 Å². The molecule has 0 bridgehead atoms. The van der Waals surface area contributed by atoms with Gasteiger partial charge in [-0.15, -0.1) is 0 Å². The van der Waals surface area contributed by atoms with Crippen LogP contribution in [0.2, 0.25) is 0 Å². The first-order valence-corrected chi connectivity index (χ1v) is 10.1. The Bertz CT molecular complexity index is 790. The average molecular weight is 470 g/mol. The lowest BCUT2D eigenvalue weighted by atomic mass is 10.1. The van der Waals surface area contributed by atoms with Crippen LogP contribution in [0.1, 0.15) is 26.5 Å². The molecule has 0 spiro atoms. The molecule has 0 saturated carbocycles. The first kappa shape index (κ1) is 22.3. The molecule has 8 heteroatoms. The summed E-state index contributed by atoms with van der Waals surface area (Å²) in [5.74, 6) is 0.818. The van der Waals surface area contributed by atoms with Crippen LogP contribution in [0.4, 0.5) is 10.6 Å². The Morgan fingerprint density at radius 1 is 1.32 bits per heavy atom. The molecule has 0 unspecified atom stereocenters. The minimum atomic E-state index is -0.498. The van der Waals surface area contributed by atoms with Crippen molar-refractivity contribution in [1.82, 2.24) is 9.88 Å². The quantitative estimate of drug-likeness (QED) is 0.519. The molecule has 1 saturated heterocycles. The van der Waals surface area contributed by atoms with Crippen molar-refractivity contribution in [2.45, 2.75) is 26.4 Å². The molecule has 2 N–H and O–H groups in total. The van der Waals surface area contributed by atoms with Crippen molar-refractivity contribution in [3.63, 3.8) is 0 Å². The average Bonchev–Trinajstić information content (AvgIpc) is 2.60. The summed E-state index contributed by atoms with van der Waals surface area (Å²) in [7, 11) is 0. The zero-order valence-corrected chi connectivity index (χ0v) is 18.8. The van der Waals surface area contributed by atoms with Crippen LogP contribution in [0, 0.1) is 0 Å². The number of nitrogens with zero attached hydrogens (tertiary/aromatic N) is 3. The van der Waals surface area contributed by atoms with Crippen molar-refractivity contribution in [3.8, 4) is 0 Å². The number of nitrogens with two attached hydrogens (primary N) is 1. The summed E-state index contributed by atoms with van der Waals surface area (Å²) >= 11 is 9.38. The normalized spacial score (nSPS) is 16.2. The number of piperazine rings is 1. The number of hydrogen-bond acceptors (Lipinski definition) is 5. The van der Waals surface area contributed by atoms with Crippen molar-refractivity contribution in [2.75, 3.05) is 31.1 Å². The highest BCUT2D eigenvalue weighted by atomic mass is 79.9. The van der Waals surface area contributed by atoms with Crippen LogP contribution in [0.5, 0.6) is 0 Å². The molecule has 1 amide bonds.